The molecule has 0 aromatic heterocycles. The molecule has 0 aliphatic rings. The van der Waals surface area contributed by atoms with E-state index in [1.165, 1.54) is 16.0 Å². The van der Waals surface area contributed by atoms with Crippen molar-refractivity contribution in [2.24, 2.45) is 0 Å². The molecule has 0 saturated carbocycles. The Hall–Kier alpha value is -1.12. The van der Waals surface area contributed by atoms with Crippen molar-refractivity contribution in [1.82, 2.24) is 0 Å². The number of benzene rings is 2. The van der Waals surface area contributed by atoms with E-state index in [0.29, 0.717) is 10.7 Å². The van der Waals surface area contributed by atoms with Crippen molar-refractivity contribution in [2.45, 2.75) is 23.6 Å². The standard InChI is InChI=1S/C14H14ClNS/c1-9-3-6-14(10(2)7-9)17-11-4-5-13(16)12(15)8-11/h3-8H,16H2,1-2H3. The van der Waals surface area contributed by atoms with Gasteiger partial charge in [-0.1, -0.05) is 41.1 Å². The Bertz CT molecular complexity index is 552. The van der Waals surface area contributed by atoms with Gasteiger partial charge in [-0.3, -0.25) is 0 Å². The predicted octanol–water partition coefficient (Wildman–Crippen LogP) is 4.69. The molecule has 0 spiro atoms. The second kappa shape index (κ2) is 5.03. The molecule has 0 radical (unpaired) electrons. The molecule has 0 saturated heterocycles. The summed E-state index contributed by atoms with van der Waals surface area (Å²) in [5.41, 5.74) is 8.87. The van der Waals surface area contributed by atoms with Crippen molar-refractivity contribution >= 4 is 29.1 Å². The van der Waals surface area contributed by atoms with Gasteiger partial charge in [0.1, 0.15) is 0 Å². The number of rotatable bonds is 2. The van der Waals surface area contributed by atoms with E-state index in [1.807, 2.05) is 18.2 Å². The minimum absolute atomic E-state index is 0.611. The Morgan fingerprint density at radius 3 is 2.47 bits per heavy atom. The molecule has 0 fully saturated rings. The average Bonchev–Trinajstić information content (AvgIpc) is 2.27. The zero-order valence-corrected chi connectivity index (χ0v) is 11.4. The van der Waals surface area contributed by atoms with Gasteiger partial charge in [-0.05, 0) is 43.7 Å². The van der Waals surface area contributed by atoms with Gasteiger partial charge in [0.15, 0.2) is 0 Å². The first-order chi connectivity index (χ1) is 8.06. The van der Waals surface area contributed by atoms with Crippen LogP contribution in [-0.2, 0) is 0 Å². The molecular weight excluding hydrogens is 250 g/mol. The quantitative estimate of drug-likeness (QED) is 0.796. The SMILES string of the molecule is Cc1ccc(Sc2ccc(N)c(Cl)c2)c(C)c1. The molecule has 0 aliphatic heterocycles. The van der Waals surface area contributed by atoms with Gasteiger partial charge in [0.05, 0.1) is 10.7 Å². The molecule has 0 amide bonds. The third-order valence-electron chi connectivity index (χ3n) is 2.53. The zero-order chi connectivity index (χ0) is 12.4. The van der Waals surface area contributed by atoms with E-state index in [0.717, 1.165) is 4.90 Å². The first-order valence-electron chi connectivity index (χ1n) is 5.36. The highest BCUT2D eigenvalue weighted by Crippen LogP contribution is 2.33. The summed E-state index contributed by atoms with van der Waals surface area (Å²) in [5, 5.41) is 0.611. The number of halogens is 1. The van der Waals surface area contributed by atoms with Crippen molar-refractivity contribution < 1.29 is 0 Å². The molecule has 0 atom stereocenters. The van der Waals surface area contributed by atoms with Crippen molar-refractivity contribution in [3.63, 3.8) is 0 Å². The summed E-state index contributed by atoms with van der Waals surface area (Å²) < 4.78 is 0. The smallest absolute Gasteiger partial charge is 0.0646 e. The van der Waals surface area contributed by atoms with Gasteiger partial charge in [-0.15, -0.1) is 0 Å². The number of hydrogen-bond donors (Lipinski definition) is 1. The lowest BCUT2D eigenvalue weighted by molar-refractivity contribution is 1.26. The number of aryl methyl sites for hydroxylation is 2. The third kappa shape index (κ3) is 2.96. The van der Waals surface area contributed by atoms with E-state index >= 15 is 0 Å². The molecule has 2 rings (SSSR count). The van der Waals surface area contributed by atoms with Crippen LogP contribution in [0.5, 0.6) is 0 Å². The second-order valence-electron chi connectivity index (χ2n) is 4.05. The highest BCUT2D eigenvalue weighted by Gasteiger charge is 2.03. The lowest BCUT2D eigenvalue weighted by atomic mass is 10.2. The fourth-order valence-electron chi connectivity index (χ4n) is 1.61. The normalized spacial score (nSPS) is 10.5. The molecular formula is C14H14ClNS. The predicted molar refractivity (Wildman–Crippen MR) is 75.9 cm³/mol. The Labute approximate surface area is 111 Å². The molecule has 0 aliphatic carbocycles. The van der Waals surface area contributed by atoms with Crippen LogP contribution in [0.1, 0.15) is 11.1 Å². The van der Waals surface area contributed by atoms with Crippen molar-refractivity contribution in [1.29, 1.82) is 0 Å². The van der Waals surface area contributed by atoms with E-state index in [2.05, 4.69) is 32.0 Å². The van der Waals surface area contributed by atoms with Crippen LogP contribution < -0.4 is 5.73 Å². The number of hydrogen-bond acceptors (Lipinski definition) is 2. The Kier molecular flexibility index (Phi) is 3.65. The molecule has 0 heterocycles. The van der Waals surface area contributed by atoms with Gasteiger partial charge in [0.2, 0.25) is 0 Å². The minimum Gasteiger partial charge on any atom is -0.398 e. The molecule has 1 nitrogen and oxygen atoms in total. The van der Waals surface area contributed by atoms with Crippen molar-refractivity contribution in [3.05, 3.63) is 52.5 Å². The first-order valence-corrected chi connectivity index (χ1v) is 6.56. The highest BCUT2D eigenvalue weighted by molar-refractivity contribution is 7.99. The molecule has 2 aromatic carbocycles. The largest absolute Gasteiger partial charge is 0.398 e. The van der Waals surface area contributed by atoms with Crippen LogP contribution in [-0.4, -0.2) is 0 Å². The highest BCUT2D eigenvalue weighted by atomic mass is 35.5. The Balaban J connectivity index is 2.28. The number of anilines is 1. The topological polar surface area (TPSA) is 26.0 Å². The molecule has 3 heteroatoms. The monoisotopic (exact) mass is 263 g/mol. The van der Waals surface area contributed by atoms with Crippen molar-refractivity contribution in [3.8, 4) is 0 Å². The molecule has 0 bridgehead atoms. The van der Waals surface area contributed by atoms with Crippen LogP contribution in [0, 0.1) is 13.8 Å². The maximum absolute atomic E-state index is 6.01. The van der Waals surface area contributed by atoms with Gasteiger partial charge in [-0.2, -0.15) is 0 Å². The summed E-state index contributed by atoms with van der Waals surface area (Å²) in [6.45, 7) is 4.22. The van der Waals surface area contributed by atoms with Crippen LogP contribution in [0.3, 0.4) is 0 Å². The van der Waals surface area contributed by atoms with E-state index < -0.39 is 0 Å². The molecule has 2 aromatic rings. The van der Waals surface area contributed by atoms with Crippen molar-refractivity contribution in [2.75, 3.05) is 5.73 Å². The summed E-state index contributed by atoms with van der Waals surface area (Å²) >= 11 is 7.71. The maximum Gasteiger partial charge on any atom is 0.0646 e. The van der Waals surface area contributed by atoms with Crippen LogP contribution >= 0.6 is 23.4 Å². The van der Waals surface area contributed by atoms with Gasteiger partial charge in [0, 0.05) is 9.79 Å². The number of nitrogens with two attached hydrogens (primary N) is 1. The number of nitrogen functional groups attached to an aromatic ring is 1. The van der Waals surface area contributed by atoms with E-state index in [1.54, 1.807) is 11.8 Å². The fraction of sp³-hybridized carbons (Fsp3) is 0.143. The summed E-state index contributed by atoms with van der Waals surface area (Å²) in [5.74, 6) is 0. The first kappa shape index (κ1) is 12.3. The second-order valence-corrected chi connectivity index (χ2v) is 5.58. The molecule has 17 heavy (non-hydrogen) atoms. The Morgan fingerprint density at radius 1 is 1.06 bits per heavy atom. The van der Waals surface area contributed by atoms with Gasteiger partial charge in [-0.25, -0.2) is 0 Å². The molecule has 2 N–H and O–H groups in total. The lowest BCUT2D eigenvalue weighted by Crippen LogP contribution is -1.86. The molecule has 0 unspecified atom stereocenters. The summed E-state index contributed by atoms with van der Waals surface area (Å²) in [6, 6.07) is 12.2. The van der Waals surface area contributed by atoms with Crippen LogP contribution in [0.15, 0.2) is 46.2 Å². The molecule has 88 valence electrons. The van der Waals surface area contributed by atoms with Gasteiger partial charge < -0.3 is 5.73 Å². The van der Waals surface area contributed by atoms with Crippen LogP contribution in [0.4, 0.5) is 5.69 Å². The minimum atomic E-state index is 0.611. The lowest BCUT2D eigenvalue weighted by Gasteiger charge is -2.07. The van der Waals surface area contributed by atoms with E-state index in [-0.39, 0.29) is 0 Å². The fourth-order valence-corrected chi connectivity index (χ4v) is 2.78. The van der Waals surface area contributed by atoms with Crippen LogP contribution in [0.2, 0.25) is 5.02 Å². The Morgan fingerprint density at radius 2 is 1.82 bits per heavy atom. The van der Waals surface area contributed by atoms with E-state index in [9.17, 15) is 0 Å². The third-order valence-corrected chi connectivity index (χ3v) is 4.03. The zero-order valence-electron chi connectivity index (χ0n) is 9.83. The van der Waals surface area contributed by atoms with E-state index in [4.69, 9.17) is 17.3 Å². The average molecular weight is 264 g/mol. The summed E-state index contributed by atoms with van der Waals surface area (Å²) in [4.78, 5) is 2.35. The van der Waals surface area contributed by atoms with Crippen LogP contribution in [0.25, 0.3) is 0 Å². The van der Waals surface area contributed by atoms with Gasteiger partial charge in [0.25, 0.3) is 0 Å². The van der Waals surface area contributed by atoms with Gasteiger partial charge >= 0.3 is 0 Å². The maximum atomic E-state index is 6.01. The summed E-state index contributed by atoms with van der Waals surface area (Å²) in [6.07, 6.45) is 0. The summed E-state index contributed by atoms with van der Waals surface area (Å²) in [7, 11) is 0.